The first-order valence-corrected chi connectivity index (χ1v) is 9.11. The maximum Gasteiger partial charge on any atom is 0.228 e. The summed E-state index contributed by atoms with van der Waals surface area (Å²) < 4.78 is 15.0. The van der Waals surface area contributed by atoms with Crippen molar-refractivity contribution in [2.45, 2.75) is 53.6 Å². The Morgan fingerprint density at radius 1 is 1.27 bits per heavy atom. The van der Waals surface area contributed by atoms with Crippen LogP contribution in [-0.4, -0.2) is 22.4 Å². The van der Waals surface area contributed by atoms with E-state index in [2.05, 4.69) is 31.6 Å². The molecule has 0 N–H and O–H groups in total. The van der Waals surface area contributed by atoms with Crippen LogP contribution in [0, 0.1) is 5.82 Å². The van der Waals surface area contributed by atoms with Gasteiger partial charge in [-0.1, -0.05) is 33.3 Å². The van der Waals surface area contributed by atoms with Crippen LogP contribution in [-0.2, 0) is 13.1 Å². The van der Waals surface area contributed by atoms with E-state index in [4.69, 9.17) is 0 Å². The zero-order chi connectivity index (χ0) is 20.3. The second-order valence-electron chi connectivity index (χ2n) is 5.69. The summed E-state index contributed by atoms with van der Waals surface area (Å²) in [6.07, 6.45) is 4.31. The lowest BCUT2D eigenvalue weighted by atomic mass is 10.1. The SMILES string of the molecule is C=C.C=CCCC.CC.CC(=O)n1c2c(c3cc(F)ccc31)CN(C)C2. The molecule has 4 heteroatoms. The van der Waals surface area contributed by atoms with Gasteiger partial charge < -0.3 is 0 Å². The molecular formula is C22H33FN2O. The molecule has 0 atom stereocenters. The summed E-state index contributed by atoms with van der Waals surface area (Å²) in [4.78, 5) is 13.8. The minimum atomic E-state index is -0.254. The van der Waals surface area contributed by atoms with Gasteiger partial charge in [-0.2, -0.15) is 0 Å². The maximum atomic E-state index is 13.3. The third kappa shape index (κ3) is 5.67. The molecule has 0 aliphatic carbocycles. The molecular weight excluding hydrogens is 327 g/mol. The second-order valence-corrected chi connectivity index (χ2v) is 5.69. The summed E-state index contributed by atoms with van der Waals surface area (Å²) in [6.45, 7) is 18.7. The molecule has 0 saturated heterocycles. The van der Waals surface area contributed by atoms with Gasteiger partial charge in [0, 0.05) is 31.1 Å². The number of nitrogens with zero attached hydrogens (tertiary/aromatic N) is 2. The highest BCUT2D eigenvalue weighted by Gasteiger charge is 2.26. The van der Waals surface area contributed by atoms with Gasteiger partial charge in [-0.15, -0.1) is 19.7 Å². The smallest absolute Gasteiger partial charge is 0.228 e. The molecule has 144 valence electrons. The van der Waals surface area contributed by atoms with Crippen LogP contribution in [0.3, 0.4) is 0 Å². The lowest BCUT2D eigenvalue weighted by Gasteiger charge is -2.09. The molecule has 3 nitrogen and oxygen atoms in total. The summed E-state index contributed by atoms with van der Waals surface area (Å²) in [6, 6.07) is 4.61. The zero-order valence-electron chi connectivity index (χ0n) is 16.9. The number of rotatable bonds is 2. The van der Waals surface area contributed by atoms with Gasteiger partial charge in [-0.25, -0.2) is 4.39 Å². The van der Waals surface area contributed by atoms with E-state index < -0.39 is 0 Å². The van der Waals surface area contributed by atoms with E-state index in [0.29, 0.717) is 0 Å². The molecule has 0 amide bonds. The summed E-state index contributed by atoms with van der Waals surface area (Å²) >= 11 is 0. The highest BCUT2D eigenvalue weighted by molar-refractivity contribution is 5.95. The Balaban J connectivity index is 0.000000596. The number of carbonyl (C=O) groups excluding carboxylic acids is 1. The van der Waals surface area contributed by atoms with Crippen molar-refractivity contribution < 1.29 is 9.18 Å². The predicted molar refractivity (Wildman–Crippen MR) is 111 cm³/mol. The highest BCUT2D eigenvalue weighted by atomic mass is 19.1. The predicted octanol–water partition coefficient (Wildman–Crippen LogP) is 6.19. The number of carbonyl (C=O) groups is 1. The number of hydrogen-bond acceptors (Lipinski definition) is 2. The minimum Gasteiger partial charge on any atom is -0.296 e. The summed E-state index contributed by atoms with van der Waals surface area (Å²) in [7, 11) is 2.00. The first-order chi connectivity index (χ1) is 12.5. The molecule has 0 spiro atoms. The molecule has 1 aromatic heterocycles. The standard InChI is InChI=1S/C13H13FN2O.C5H10.C2H6.C2H4/c1-8(17)16-12-4-3-9(14)5-10(12)11-6-15(2)7-13(11)16;1-3-5-4-2;2*1-2/h3-5H,6-7H2,1-2H3;3H,1,4-5H2,2H3;1-2H3;1-2H2. The van der Waals surface area contributed by atoms with Gasteiger partial charge in [0.1, 0.15) is 5.82 Å². The Labute approximate surface area is 157 Å². The van der Waals surface area contributed by atoms with E-state index in [1.54, 1.807) is 17.6 Å². The van der Waals surface area contributed by atoms with Crippen LogP contribution in [0.5, 0.6) is 0 Å². The Morgan fingerprint density at radius 3 is 2.35 bits per heavy atom. The van der Waals surface area contributed by atoms with Gasteiger partial charge in [0.2, 0.25) is 5.91 Å². The molecule has 0 unspecified atom stereocenters. The van der Waals surface area contributed by atoms with Gasteiger partial charge in [0.05, 0.1) is 5.52 Å². The average molecular weight is 361 g/mol. The summed E-state index contributed by atoms with van der Waals surface area (Å²) in [5, 5.41) is 0.861. The molecule has 0 radical (unpaired) electrons. The molecule has 1 aliphatic heterocycles. The minimum absolute atomic E-state index is 0.0156. The molecule has 0 saturated carbocycles. The Bertz CT molecular complexity index is 718. The number of fused-ring (bicyclic) bond motifs is 3. The highest BCUT2D eigenvalue weighted by Crippen LogP contribution is 2.32. The lowest BCUT2D eigenvalue weighted by molar-refractivity contribution is 0.0937. The van der Waals surface area contributed by atoms with Crippen molar-refractivity contribution in [3.8, 4) is 0 Å². The Morgan fingerprint density at radius 2 is 1.88 bits per heavy atom. The quantitative estimate of drug-likeness (QED) is 0.597. The van der Waals surface area contributed by atoms with E-state index in [0.717, 1.165) is 41.7 Å². The van der Waals surface area contributed by atoms with Crippen LogP contribution < -0.4 is 0 Å². The zero-order valence-corrected chi connectivity index (χ0v) is 16.9. The second kappa shape index (κ2) is 12.2. The molecule has 1 aliphatic rings. The average Bonchev–Trinajstić information content (AvgIpc) is 3.14. The van der Waals surface area contributed by atoms with Crippen LogP contribution in [0.25, 0.3) is 10.9 Å². The molecule has 2 heterocycles. The van der Waals surface area contributed by atoms with Crippen molar-refractivity contribution in [3.05, 3.63) is 61.1 Å². The first-order valence-electron chi connectivity index (χ1n) is 9.11. The van der Waals surface area contributed by atoms with Gasteiger partial charge in [-0.3, -0.25) is 14.3 Å². The van der Waals surface area contributed by atoms with Crippen molar-refractivity contribution in [1.82, 2.24) is 9.47 Å². The third-order valence-electron chi connectivity index (χ3n) is 3.80. The Hall–Kier alpha value is -2.20. The monoisotopic (exact) mass is 360 g/mol. The van der Waals surface area contributed by atoms with Crippen LogP contribution in [0.2, 0.25) is 0 Å². The number of unbranched alkanes of at least 4 members (excludes halogenated alkanes) is 1. The summed E-state index contributed by atoms with van der Waals surface area (Å²) in [5.41, 5.74) is 2.90. The van der Waals surface area contributed by atoms with Crippen molar-refractivity contribution >= 4 is 16.8 Å². The van der Waals surface area contributed by atoms with E-state index >= 15 is 0 Å². The van der Waals surface area contributed by atoms with Crippen LogP contribution in [0.4, 0.5) is 4.39 Å². The molecule has 2 aromatic rings. The van der Waals surface area contributed by atoms with Crippen LogP contribution >= 0.6 is 0 Å². The van der Waals surface area contributed by atoms with E-state index in [-0.39, 0.29) is 11.7 Å². The van der Waals surface area contributed by atoms with Gasteiger partial charge in [-0.05, 0) is 37.2 Å². The van der Waals surface area contributed by atoms with Crippen LogP contribution in [0.1, 0.15) is 56.6 Å². The van der Waals surface area contributed by atoms with Crippen molar-refractivity contribution in [2.24, 2.45) is 0 Å². The van der Waals surface area contributed by atoms with Gasteiger partial charge in [0.15, 0.2) is 0 Å². The number of hydrogen-bond donors (Lipinski definition) is 0. The van der Waals surface area contributed by atoms with Gasteiger partial charge in [0.25, 0.3) is 0 Å². The van der Waals surface area contributed by atoms with Gasteiger partial charge >= 0.3 is 0 Å². The maximum absolute atomic E-state index is 13.3. The fourth-order valence-corrected chi connectivity index (χ4v) is 2.87. The lowest BCUT2D eigenvalue weighted by Crippen LogP contribution is -2.14. The molecule has 0 bridgehead atoms. The summed E-state index contributed by atoms with van der Waals surface area (Å²) in [5.74, 6) is -0.270. The Kier molecular flexibility index (Phi) is 11.2. The largest absolute Gasteiger partial charge is 0.296 e. The fourth-order valence-electron chi connectivity index (χ4n) is 2.87. The normalized spacial score (nSPS) is 11.9. The van der Waals surface area contributed by atoms with E-state index in [1.165, 1.54) is 18.6 Å². The molecule has 3 rings (SSSR count). The fraction of sp³-hybridized carbons (Fsp3) is 0.409. The third-order valence-corrected chi connectivity index (χ3v) is 3.80. The number of benzene rings is 1. The van der Waals surface area contributed by atoms with Crippen molar-refractivity contribution in [3.63, 3.8) is 0 Å². The topological polar surface area (TPSA) is 25.2 Å². The van der Waals surface area contributed by atoms with Crippen molar-refractivity contribution in [2.75, 3.05) is 7.05 Å². The van der Waals surface area contributed by atoms with Crippen LogP contribution in [0.15, 0.2) is 44.0 Å². The van der Waals surface area contributed by atoms with E-state index in [1.807, 2.05) is 27.0 Å². The first kappa shape index (κ1) is 23.8. The van der Waals surface area contributed by atoms with Crippen molar-refractivity contribution in [1.29, 1.82) is 0 Å². The molecule has 26 heavy (non-hydrogen) atoms. The van der Waals surface area contributed by atoms with E-state index in [9.17, 15) is 9.18 Å². The molecule has 0 fully saturated rings. The molecule has 1 aromatic carbocycles. The number of halogens is 1. The number of aromatic nitrogens is 1. The number of allylic oxidation sites excluding steroid dienone is 1.